The average Bonchev–Trinajstić information content (AvgIpc) is 2.20. The second-order valence-electron chi connectivity index (χ2n) is 2.84. The molecular weight excluding hydrogens is 178 g/mol. The van der Waals surface area contributed by atoms with Crippen molar-refractivity contribution in [2.24, 2.45) is 5.16 Å². The molecule has 0 heterocycles. The Bertz CT molecular complexity index is 356. The maximum Gasteiger partial charge on any atom is 0.131 e. The van der Waals surface area contributed by atoms with Crippen molar-refractivity contribution in [1.29, 1.82) is 0 Å². The summed E-state index contributed by atoms with van der Waals surface area (Å²) in [4.78, 5) is 0. The van der Waals surface area contributed by atoms with E-state index in [1.165, 1.54) is 6.21 Å². The lowest BCUT2D eigenvalue weighted by Gasteiger charge is -2.01. The smallest absolute Gasteiger partial charge is 0.131 e. The summed E-state index contributed by atoms with van der Waals surface area (Å²) in [6.45, 7) is 2.02. The van der Waals surface area contributed by atoms with Crippen molar-refractivity contribution in [3.8, 4) is 5.75 Å². The lowest BCUT2D eigenvalue weighted by molar-refractivity contribution is 0.321. The predicted octanol–water partition coefficient (Wildman–Crippen LogP) is 2.62. The summed E-state index contributed by atoms with van der Waals surface area (Å²) in [7, 11) is 0. The van der Waals surface area contributed by atoms with Crippen LogP contribution in [0.25, 0.3) is 6.08 Å². The SMILES string of the molecule is CC/C=C/c1cccc(/C=N\O)c1O. The van der Waals surface area contributed by atoms with Crippen LogP contribution in [0.5, 0.6) is 5.75 Å². The molecule has 0 spiro atoms. The molecule has 0 aliphatic heterocycles. The van der Waals surface area contributed by atoms with Crippen LogP contribution in [0.4, 0.5) is 0 Å². The molecule has 0 bridgehead atoms. The quantitative estimate of drug-likeness (QED) is 0.438. The van der Waals surface area contributed by atoms with Crippen molar-refractivity contribution in [2.75, 3.05) is 0 Å². The van der Waals surface area contributed by atoms with Gasteiger partial charge in [0, 0.05) is 11.1 Å². The highest BCUT2D eigenvalue weighted by molar-refractivity contribution is 5.85. The van der Waals surface area contributed by atoms with Crippen LogP contribution in [-0.4, -0.2) is 16.5 Å². The molecule has 0 saturated carbocycles. The largest absolute Gasteiger partial charge is 0.507 e. The molecule has 1 aromatic carbocycles. The van der Waals surface area contributed by atoms with Crippen LogP contribution < -0.4 is 0 Å². The zero-order chi connectivity index (χ0) is 10.4. The molecule has 0 aliphatic rings. The fraction of sp³-hybridized carbons (Fsp3) is 0.182. The first-order chi connectivity index (χ1) is 6.79. The first-order valence-electron chi connectivity index (χ1n) is 4.45. The molecule has 0 aliphatic carbocycles. The van der Waals surface area contributed by atoms with Gasteiger partial charge in [0.15, 0.2) is 0 Å². The monoisotopic (exact) mass is 191 g/mol. The van der Waals surface area contributed by atoms with Gasteiger partial charge in [-0.2, -0.15) is 0 Å². The summed E-state index contributed by atoms with van der Waals surface area (Å²) in [6, 6.07) is 5.28. The van der Waals surface area contributed by atoms with Gasteiger partial charge in [-0.1, -0.05) is 36.4 Å². The number of aromatic hydroxyl groups is 1. The lowest BCUT2D eigenvalue weighted by Crippen LogP contribution is -1.84. The summed E-state index contributed by atoms with van der Waals surface area (Å²) in [5.41, 5.74) is 1.23. The van der Waals surface area contributed by atoms with E-state index in [1.54, 1.807) is 18.2 Å². The fourth-order valence-electron chi connectivity index (χ4n) is 1.13. The van der Waals surface area contributed by atoms with Crippen molar-refractivity contribution in [1.82, 2.24) is 0 Å². The van der Waals surface area contributed by atoms with E-state index in [9.17, 15) is 5.11 Å². The van der Waals surface area contributed by atoms with Gasteiger partial charge in [0.05, 0.1) is 6.21 Å². The molecule has 2 N–H and O–H groups in total. The minimum Gasteiger partial charge on any atom is -0.507 e. The average molecular weight is 191 g/mol. The van der Waals surface area contributed by atoms with Gasteiger partial charge in [-0.3, -0.25) is 0 Å². The number of allylic oxidation sites excluding steroid dienone is 1. The minimum absolute atomic E-state index is 0.134. The summed E-state index contributed by atoms with van der Waals surface area (Å²) in [6.07, 6.45) is 5.91. The summed E-state index contributed by atoms with van der Waals surface area (Å²) in [5.74, 6) is 0.134. The molecule has 0 aromatic heterocycles. The minimum atomic E-state index is 0.134. The van der Waals surface area contributed by atoms with Gasteiger partial charge in [-0.25, -0.2) is 0 Å². The van der Waals surface area contributed by atoms with Gasteiger partial charge < -0.3 is 10.3 Å². The van der Waals surface area contributed by atoms with E-state index < -0.39 is 0 Å². The zero-order valence-corrected chi connectivity index (χ0v) is 8.01. The van der Waals surface area contributed by atoms with Crippen molar-refractivity contribution in [2.45, 2.75) is 13.3 Å². The molecule has 0 unspecified atom stereocenters. The van der Waals surface area contributed by atoms with E-state index in [-0.39, 0.29) is 5.75 Å². The van der Waals surface area contributed by atoms with Gasteiger partial charge in [-0.05, 0) is 12.5 Å². The Hall–Kier alpha value is -1.77. The summed E-state index contributed by atoms with van der Waals surface area (Å²) < 4.78 is 0. The number of hydrogen-bond donors (Lipinski definition) is 2. The normalized spacial score (nSPS) is 11.5. The van der Waals surface area contributed by atoms with Crippen LogP contribution in [0.2, 0.25) is 0 Å². The molecular formula is C11H13NO2. The number of phenolic OH excluding ortho intramolecular Hbond substituents is 1. The molecule has 14 heavy (non-hydrogen) atoms. The Morgan fingerprint density at radius 3 is 2.71 bits per heavy atom. The maximum atomic E-state index is 9.69. The van der Waals surface area contributed by atoms with E-state index in [4.69, 9.17) is 5.21 Å². The second kappa shape index (κ2) is 5.07. The van der Waals surface area contributed by atoms with Crippen LogP contribution in [0.1, 0.15) is 24.5 Å². The van der Waals surface area contributed by atoms with Crippen LogP contribution >= 0.6 is 0 Å². The fourth-order valence-corrected chi connectivity index (χ4v) is 1.13. The Balaban J connectivity index is 3.07. The molecule has 0 amide bonds. The molecule has 1 aromatic rings. The molecule has 0 saturated heterocycles. The molecule has 0 fully saturated rings. The number of benzene rings is 1. The highest BCUT2D eigenvalue weighted by Gasteiger charge is 2.01. The highest BCUT2D eigenvalue weighted by atomic mass is 16.4. The number of nitrogens with zero attached hydrogens (tertiary/aromatic N) is 1. The van der Waals surface area contributed by atoms with Gasteiger partial charge in [-0.15, -0.1) is 0 Å². The number of rotatable bonds is 3. The number of para-hydroxylation sites is 1. The summed E-state index contributed by atoms with van der Waals surface area (Å²) >= 11 is 0. The number of phenols is 1. The molecule has 1 rings (SSSR count). The third-order valence-electron chi connectivity index (χ3n) is 1.83. The van der Waals surface area contributed by atoms with Crippen molar-refractivity contribution < 1.29 is 10.3 Å². The van der Waals surface area contributed by atoms with Gasteiger partial charge in [0.25, 0.3) is 0 Å². The van der Waals surface area contributed by atoms with Crippen LogP contribution in [0.3, 0.4) is 0 Å². The zero-order valence-electron chi connectivity index (χ0n) is 8.01. The Kier molecular flexibility index (Phi) is 3.73. The summed E-state index contributed by atoms with van der Waals surface area (Å²) in [5, 5.41) is 20.9. The predicted molar refractivity (Wildman–Crippen MR) is 56.8 cm³/mol. The molecule has 74 valence electrons. The molecule has 0 atom stereocenters. The lowest BCUT2D eigenvalue weighted by atomic mass is 10.1. The standard InChI is InChI=1S/C11H13NO2/c1-2-3-5-9-6-4-7-10(8-12-14)11(9)13/h3-8,13-14H,2H2,1H3/b5-3+,12-8-. The third kappa shape index (κ3) is 2.36. The van der Waals surface area contributed by atoms with Crippen molar-refractivity contribution in [3.05, 3.63) is 35.4 Å². The van der Waals surface area contributed by atoms with Crippen molar-refractivity contribution >= 4 is 12.3 Å². The molecule has 3 heteroatoms. The third-order valence-corrected chi connectivity index (χ3v) is 1.83. The van der Waals surface area contributed by atoms with Gasteiger partial charge in [0.1, 0.15) is 5.75 Å². The van der Waals surface area contributed by atoms with Crippen molar-refractivity contribution in [3.63, 3.8) is 0 Å². The topological polar surface area (TPSA) is 52.8 Å². The number of hydrogen-bond acceptors (Lipinski definition) is 3. The maximum absolute atomic E-state index is 9.69. The van der Waals surface area contributed by atoms with E-state index >= 15 is 0 Å². The van der Waals surface area contributed by atoms with Crippen LogP contribution in [-0.2, 0) is 0 Å². The molecule has 3 nitrogen and oxygen atoms in total. The number of oxime groups is 1. The van der Waals surface area contributed by atoms with E-state index in [2.05, 4.69) is 5.16 Å². The first kappa shape index (κ1) is 10.3. The van der Waals surface area contributed by atoms with Crippen LogP contribution in [0, 0.1) is 0 Å². The molecule has 0 radical (unpaired) electrons. The van der Waals surface area contributed by atoms with Crippen LogP contribution in [0.15, 0.2) is 29.4 Å². The van der Waals surface area contributed by atoms with Gasteiger partial charge in [0.2, 0.25) is 0 Å². The second-order valence-corrected chi connectivity index (χ2v) is 2.84. The first-order valence-corrected chi connectivity index (χ1v) is 4.45. The highest BCUT2D eigenvalue weighted by Crippen LogP contribution is 2.22. The van der Waals surface area contributed by atoms with E-state index in [0.29, 0.717) is 5.56 Å². The Labute approximate surface area is 83.0 Å². The van der Waals surface area contributed by atoms with E-state index in [0.717, 1.165) is 12.0 Å². The van der Waals surface area contributed by atoms with Gasteiger partial charge >= 0.3 is 0 Å². The van der Waals surface area contributed by atoms with E-state index in [1.807, 2.05) is 19.1 Å². The Morgan fingerprint density at radius 2 is 2.07 bits per heavy atom. The Morgan fingerprint density at radius 1 is 1.36 bits per heavy atom.